The van der Waals surface area contributed by atoms with Crippen LogP contribution in [-0.2, 0) is 4.79 Å². The molecule has 2 N–H and O–H groups in total. The molecule has 32 heavy (non-hydrogen) atoms. The number of imidazole rings is 1. The molecule has 1 aromatic heterocycles. The molecule has 0 saturated heterocycles. The third-order valence-corrected chi connectivity index (χ3v) is 4.98. The molecule has 5 rings (SSSR count). The highest BCUT2D eigenvalue weighted by atomic mass is 16.6. The van der Waals surface area contributed by atoms with E-state index in [9.17, 15) is 4.79 Å². The number of H-pyrrole nitrogens is 1. The lowest BCUT2D eigenvalue weighted by Gasteiger charge is -2.17. The van der Waals surface area contributed by atoms with Crippen molar-refractivity contribution in [3.63, 3.8) is 0 Å². The smallest absolute Gasteiger partial charge is 0.262 e. The summed E-state index contributed by atoms with van der Waals surface area (Å²) >= 11 is 0. The molecule has 0 bridgehead atoms. The number of nitrogens with one attached hydrogen (secondary N) is 2. The van der Waals surface area contributed by atoms with Crippen LogP contribution in [0.2, 0.25) is 0 Å². The number of aromatic nitrogens is 2. The fourth-order valence-electron chi connectivity index (χ4n) is 3.46. The Balaban J connectivity index is 1.29. The van der Waals surface area contributed by atoms with Gasteiger partial charge in [0.25, 0.3) is 5.91 Å². The fraction of sp³-hybridized carbons (Fsp3) is 0.167. The third kappa shape index (κ3) is 4.15. The van der Waals surface area contributed by atoms with Gasteiger partial charge in [0.2, 0.25) is 0 Å². The molecule has 8 heteroatoms. The lowest BCUT2D eigenvalue weighted by Crippen LogP contribution is -2.20. The summed E-state index contributed by atoms with van der Waals surface area (Å²) in [6.07, 6.45) is 0. The first-order valence-electron chi connectivity index (χ1n) is 10.1. The van der Waals surface area contributed by atoms with Crippen LogP contribution in [0.5, 0.6) is 23.0 Å². The van der Waals surface area contributed by atoms with Crippen molar-refractivity contribution in [2.75, 3.05) is 32.2 Å². The second-order valence-corrected chi connectivity index (χ2v) is 7.20. The number of benzene rings is 3. The number of fused-ring (bicyclic) bond motifs is 2. The topological polar surface area (TPSA) is 94.7 Å². The van der Waals surface area contributed by atoms with Gasteiger partial charge in [-0.05, 0) is 24.3 Å². The van der Waals surface area contributed by atoms with Gasteiger partial charge in [0.15, 0.2) is 18.1 Å². The van der Waals surface area contributed by atoms with Crippen LogP contribution in [0.3, 0.4) is 0 Å². The van der Waals surface area contributed by atoms with E-state index in [1.807, 2.05) is 42.5 Å². The molecule has 2 heterocycles. The number of rotatable bonds is 6. The largest absolute Gasteiger partial charge is 0.497 e. The van der Waals surface area contributed by atoms with E-state index in [-0.39, 0.29) is 12.5 Å². The van der Waals surface area contributed by atoms with E-state index in [2.05, 4.69) is 15.3 Å². The predicted molar refractivity (Wildman–Crippen MR) is 120 cm³/mol. The molecule has 0 fully saturated rings. The zero-order chi connectivity index (χ0) is 21.9. The quantitative estimate of drug-likeness (QED) is 0.479. The fourth-order valence-corrected chi connectivity index (χ4v) is 3.46. The number of methoxy groups -OCH3 is 1. The summed E-state index contributed by atoms with van der Waals surface area (Å²) in [4.78, 5) is 20.3. The Morgan fingerprint density at radius 3 is 2.66 bits per heavy atom. The van der Waals surface area contributed by atoms with Gasteiger partial charge in [0.1, 0.15) is 30.5 Å². The summed E-state index contributed by atoms with van der Waals surface area (Å²) in [6.45, 7) is 0.940. The molecule has 1 amide bonds. The average molecular weight is 431 g/mol. The van der Waals surface area contributed by atoms with Crippen molar-refractivity contribution < 1.29 is 23.7 Å². The number of carbonyl (C=O) groups is 1. The number of aromatic amines is 1. The number of hydrogen-bond donors (Lipinski definition) is 2. The molecule has 8 nitrogen and oxygen atoms in total. The number of anilines is 1. The minimum atomic E-state index is -0.267. The van der Waals surface area contributed by atoms with Crippen LogP contribution in [0.1, 0.15) is 0 Å². The van der Waals surface area contributed by atoms with Gasteiger partial charge < -0.3 is 29.2 Å². The van der Waals surface area contributed by atoms with E-state index in [0.29, 0.717) is 47.7 Å². The van der Waals surface area contributed by atoms with E-state index in [1.165, 1.54) is 0 Å². The molecule has 0 atom stereocenters. The van der Waals surface area contributed by atoms with Crippen LogP contribution < -0.4 is 24.3 Å². The number of nitrogens with zero attached hydrogens (tertiary/aromatic N) is 1. The number of amides is 1. The minimum Gasteiger partial charge on any atom is -0.497 e. The van der Waals surface area contributed by atoms with Crippen LogP contribution in [-0.4, -0.2) is 42.8 Å². The first kappa shape index (κ1) is 19.7. The molecule has 0 aliphatic carbocycles. The number of carbonyl (C=O) groups excluding carboxylic acids is 1. The summed E-state index contributed by atoms with van der Waals surface area (Å²) < 4.78 is 22.0. The molecule has 1 aliphatic rings. The van der Waals surface area contributed by atoms with Crippen molar-refractivity contribution in [1.29, 1.82) is 0 Å². The molecule has 0 unspecified atom stereocenters. The number of ether oxygens (including phenoxy) is 4. The van der Waals surface area contributed by atoms with Gasteiger partial charge in [-0.3, -0.25) is 4.79 Å². The summed E-state index contributed by atoms with van der Waals surface area (Å²) in [5, 5.41) is 2.85. The lowest BCUT2D eigenvalue weighted by molar-refractivity contribution is -0.118. The van der Waals surface area contributed by atoms with Crippen molar-refractivity contribution in [2.45, 2.75) is 0 Å². The Morgan fingerprint density at radius 2 is 1.81 bits per heavy atom. The van der Waals surface area contributed by atoms with Gasteiger partial charge in [-0.25, -0.2) is 4.98 Å². The second-order valence-electron chi connectivity index (χ2n) is 7.20. The number of hydrogen-bond acceptors (Lipinski definition) is 6. The maximum atomic E-state index is 12.4. The molecule has 0 saturated carbocycles. The molecular weight excluding hydrogens is 410 g/mol. The van der Waals surface area contributed by atoms with Crippen LogP contribution in [0.25, 0.3) is 22.4 Å². The second kappa shape index (κ2) is 8.50. The van der Waals surface area contributed by atoms with Gasteiger partial charge in [0.05, 0.1) is 18.1 Å². The van der Waals surface area contributed by atoms with E-state index in [1.54, 1.807) is 25.3 Å². The minimum absolute atomic E-state index is 0.117. The van der Waals surface area contributed by atoms with Gasteiger partial charge in [-0.1, -0.05) is 18.2 Å². The van der Waals surface area contributed by atoms with Gasteiger partial charge >= 0.3 is 0 Å². The van der Waals surface area contributed by atoms with Crippen molar-refractivity contribution >= 4 is 22.6 Å². The van der Waals surface area contributed by atoms with Crippen LogP contribution in [0.15, 0.2) is 60.7 Å². The Labute approximate surface area is 184 Å². The Bertz CT molecular complexity index is 1240. The van der Waals surface area contributed by atoms with Crippen LogP contribution in [0.4, 0.5) is 5.69 Å². The summed E-state index contributed by atoms with van der Waals surface area (Å²) in [6, 6.07) is 18.3. The SMILES string of the molecule is COc1cccc(OCC(=O)Nc2cccc(-c3nc4cc5c(cc4[nH]3)OCCO5)c2)c1. The molecular formula is C24H21N3O5. The third-order valence-electron chi connectivity index (χ3n) is 4.98. The molecule has 0 radical (unpaired) electrons. The standard InChI is InChI=1S/C24H21N3O5/c1-29-17-6-3-7-18(11-17)32-14-23(28)25-16-5-2-4-15(10-16)24-26-19-12-21-22(13-20(19)27-24)31-9-8-30-21/h2-7,10-13H,8-9,14H2,1H3,(H,25,28)(H,26,27). The van der Waals surface area contributed by atoms with Gasteiger partial charge in [-0.2, -0.15) is 0 Å². The maximum Gasteiger partial charge on any atom is 0.262 e. The van der Waals surface area contributed by atoms with Crippen molar-refractivity contribution in [3.05, 3.63) is 60.7 Å². The first-order valence-corrected chi connectivity index (χ1v) is 10.1. The summed E-state index contributed by atoms with van der Waals surface area (Å²) in [5.74, 6) is 3.05. The molecule has 1 aliphatic heterocycles. The van der Waals surface area contributed by atoms with E-state index < -0.39 is 0 Å². The van der Waals surface area contributed by atoms with E-state index in [4.69, 9.17) is 18.9 Å². The summed E-state index contributed by atoms with van der Waals surface area (Å²) in [7, 11) is 1.58. The monoisotopic (exact) mass is 431 g/mol. The first-order chi connectivity index (χ1) is 15.7. The maximum absolute atomic E-state index is 12.4. The van der Waals surface area contributed by atoms with Crippen molar-refractivity contribution in [3.8, 4) is 34.4 Å². The zero-order valence-electron chi connectivity index (χ0n) is 17.4. The van der Waals surface area contributed by atoms with Gasteiger partial charge in [-0.15, -0.1) is 0 Å². The van der Waals surface area contributed by atoms with Gasteiger partial charge in [0, 0.05) is 29.4 Å². The Hall–Kier alpha value is -4.20. The van der Waals surface area contributed by atoms with E-state index in [0.717, 1.165) is 16.6 Å². The van der Waals surface area contributed by atoms with Crippen molar-refractivity contribution in [1.82, 2.24) is 9.97 Å². The average Bonchev–Trinajstić information content (AvgIpc) is 3.24. The highest BCUT2D eigenvalue weighted by Crippen LogP contribution is 2.35. The van der Waals surface area contributed by atoms with Crippen LogP contribution >= 0.6 is 0 Å². The highest BCUT2D eigenvalue weighted by molar-refractivity contribution is 5.92. The Morgan fingerprint density at radius 1 is 1.03 bits per heavy atom. The van der Waals surface area contributed by atoms with Crippen molar-refractivity contribution in [2.24, 2.45) is 0 Å². The zero-order valence-corrected chi connectivity index (χ0v) is 17.4. The molecule has 4 aromatic rings. The summed E-state index contributed by atoms with van der Waals surface area (Å²) in [5.41, 5.74) is 3.12. The highest BCUT2D eigenvalue weighted by Gasteiger charge is 2.15. The lowest BCUT2D eigenvalue weighted by atomic mass is 10.2. The Kier molecular flexibility index (Phi) is 5.25. The molecule has 0 spiro atoms. The van der Waals surface area contributed by atoms with Crippen LogP contribution in [0, 0.1) is 0 Å². The molecule has 3 aromatic carbocycles. The molecule has 162 valence electrons. The normalized spacial score (nSPS) is 12.4. The predicted octanol–water partition coefficient (Wildman–Crippen LogP) is 4.03. The van der Waals surface area contributed by atoms with E-state index >= 15 is 0 Å².